The van der Waals surface area contributed by atoms with Crippen LogP contribution in [0, 0.1) is 11.3 Å². The number of rotatable bonds is 5. The van der Waals surface area contributed by atoms with Crippen molar-refractivity contribution in [3.8, 4) is 11.8 Å². The molecule has 108 valence electrons. The molecule has 0 aliphatic carbocycles. The summed E-state index contributed by atoms with van der Waals surface area (Å²) in [6, 6.07) is 8.64. The molecule has 0 saturated heterocycles. The molecule has 0 saturated carbocycles. The minimum atomic E-state index is -0.661. The SMILES string of the molecule is CCc1cn[nH]c1NC(=O)C(C)Oc1ccc(C#N)cc1. The third-order valence-corrected chi connectivity index (χ3v) is 3.01. The van der Waals surface area contributed by atoms with E-state index >= 15 is 0 Å². The van der Waals surface area contributed by atoms with Crippen LogP contribution >= 0.6 is 0 Å². The Morgan fingerprint density at radius 1 is 1.48 bits per heavy atom. The lowest BCUT2D eigenvalue weighted by molar-refractivity contribution is -0.122. The zero-order valence-corrected chi connectivity index (χ0v) is 11.9. The van der Waals surface area contributed by atoms with Gasteiger partial charge in [-0.2, -0.15) is 10.4 Å². The maximum absolute atomic E-state index is 12.1. The first-order valence-electron chi connectivity index (χ1n) is 6.64. The molecule has 2 aromatic rings. The van der Waals surface area contributed by atoms with Gasteiger partial charge < -0.3 is 10.1 Å². The van der Waals surface area contributed by atoms with E-state index in [1.807, 2.05) is 13.0 Å². The van der Waals surface area contributed by atoms with Crippen LogP contribution in [-0.4, -0.2) is 22.2 Å². The molecule has 0 aliphatic rings. The first-order valence-corrected chi connectivity index (χ1v) is 6.64. The number of hydrogen-bond acceptors (Lipinski definition) is 4. The molecule has 6 nitrogen and oxygen atoms in total. The first-order chi connectivity index (χ1) is 10.1. The van der Waals surface area contributed by atoms with Gasteiger partial charge >= 0.3 is 0 Å². The van der Waals surface area contributed by atoms with E-state index in [-0.39, 0.29) is 5.91 Å². The molecule has 1 amide bonds. The second kappa shape index (κ2) is 6.57. The third-order valence-electron chi connectivity index (χ3n) is 3.01. The van der Waals surface area contributed by atoms with Crippen LogP contribution in [0.25, 0.3) is 0 Å². The normalized spacial score (nSPS) is 11.5. The van der Waals surface area contributed by atoms with Crippen LogP contribution in [0.4, 0.5) is 5.82 Å². The summed E-state index contributed by atoms with van der Waals surface area (Å²) in [5, 5.41) is 18.1. The molecule has 6 heteroatoms. The van der Waals surface area contributed by atoms with E-state index in [1.165, 1.54) is 0 Å². The third kappa shape index (κ3) is 3.60. The van der Waals surface area contributed by atoms with Gasteiger partial charge in [0.15, 0.2) is 6.10 Å². The number of benzene rings is 1. The molecule has 0 bridgehead atoms. The summed E-state index contributed by atoms with van der Waals surface area (Å²) < 4.78 is 5.54. The predicted octanol–water partition coefficient (Wildman–Crippen LogP) is 2.25. The van der Waals surface area contributed by atoms with E-state index in [0.29, 0.717) is 17.1 Å². The predicted molar refractivity (Wildman–Crippen MR) is 77.8 cm³/mol. The van der Waals surface area contributed by atoms with E-state index in [4.69, 9.17) is 10.00 Å². The molecular weight excluding hydrogens is 268 g/mol. The molecule has 1 aromatic heterocycles. The second-order valence-electron chi connectivity index (χ2n) is 4.51. The Morgan fingerprint density at radius 2 is 2.19 bits per heavy atom. The van der Waals surface area contributed by atoms with E-state index in [1.54, 1.807) is 37.4 Å². The fourth-order valence-electron chi connectivity index (χ4n) is 1.78. The number of nitriles is 1. The number of aromatic amines is 1. The van der Waals surface area contributed by atoms with Gasteiger partial charge in [0.2, 0.25) is 0 Å². The van der Waals surface area contributed by atoms with Crippen LogP contribution < -0.4 is 10.1 Å². The number of anilines is 1. The summed E-state index contributed by atoms with van der Waals surface area (Å²) in [6.07, 6.45) is 1.80. The zero-order valence-electron chi connectivity index (χ0n) is 11.9. The number of aryl methyl sites for hydroxylation is 1. The number of nitrogens with zero attached hydrogens (tertiary/aromatic N) is 2. The lowest BCUT2D eigenvalue weighted by Crippen LogP contribution is -2.30. The highest BCUT2D eigenvalue weighted by Crippen LogP contribution is 2.15. The summed E-state index contributed by atoms with van der Waals surface area (Å²) in [5.41, 5.74) is 1.48. The van der Waals surface area contributed by atoms with Crippen molar-refractivity contribution in [1.82, 2.24) is 10.2 Å². The van der Waals surface area contributed by atoms with Gasteiger partial charge in [0, 0.05) is 5.56 Å². The Hall–Kier alpha value is -2.81. The largest absolute Gasteiger partial charge is 0.481 e. The quantitative estimate of drug-likeness (QED) is 0.881. The average Bonchev–Trinajstić information content (AvgIpc) is 2.95. The number of carbonyl (C=O) groups excluding carboxylic acids is 1. The van der Waals surface area contributed by atoms with E-state index in [9.17, 15) is 4.79 Å². The zero-order chi connectivity index (χ0) is 15.2. The molecule has 21 heavy (non-hydrogen) atoms. The van der Waals surface area contributed by atoms with Gasteiger partial charge in [-0.05, 0) is 37.6 Å². The minimum absolute atomic E-state index is 0.265. The summed E-state index contributed by atoms with van der Waals surface area (Å²) in [7, 11) is 0. The molecule has 2 rings (SSSR count). The van der Waals surface area contributed by atoms with Crippen molar-refractivity contribution in [2.75, 3.05) is 5.32 Å². The summed E-state index contributed by atoms with van der Waals surface area (Å²) in [6.45, 7) is 3.65. The Balaban J connectivity index is 1.97. The van der Waals surface area contributed by atoms with Crippen LogP contribution in [0.3, 0.4) is 0 Å². The highest BCUT2D eigenvalue weighted by molar-refractivity contribution is 5.93. The molecule has 1 aromatic carbocycles. The number of H-pyrrole nitrogens is 1. The van der Waals surface area contributed by atoms with Crippen molar-refractivity contribution in [2.45, 2.75) is 26.4 Å². The molecule has 0 fully saturated rings. The summed E-state index contributed by atoms with van der Waals surface area (Å²) in [5.74, 6) is 0.869. The molecule has 1 atom stereocenters. The fraction of sp³-hybridized carbons (Fsp3) is 0.267. The maximum Gasteiger partial charge on any atom is 0.266 e. The number of amides is 1. The van der Waals surface area contributed by atoms with E-state index < -0.39 is 6.10 Å². The van der Waals surface area contributed by atoms with E-state index in [2.05, 4.69) is 15.5 Å². The lowest BCUT2D eigenvalue weighted by atomic mass is 10.2. The lowest BCUT2D eigenvalue weighted by Gasteiger charge is -2.14. The van der Waals surface area contributed by atoms with Gasteiger partial charge in [0.05, 0.1) is 17.8 Å². The average molecular weight is 284 g/mol. The standard InChI is InChI=1S/C15H16N4O2/c1-3-12-9-17-19-14(12)18-15(20)10(2)21-13-6-4-11(8-16)5-7-13/h4-7,9-10H,3H2,1-2H3,(H2,17,18,19,20). The van der Waals surface area contributed by atoms with Crippen molar-refractivity contribution in [3.05, 3.63) is 41.6 Å². The highest BCUT2D eigenvalue weighted by Gasteiger charge is 2.16. The maximum atomic E-state index is 12.1. The monoisotopic (exact) mass is 284 g/mol. The summed E-state index contributed by atoms with van der Waals surface area (Å²) >= 11 is 0. The topological polar surface area (TPSA) is 90.8 Å². The molecule has 0 radical (unpaired) electrons. The Kier molecular flexibility index (Phi) is 4.57. The minimum Gasteiger partial charge on any atom is -0.481 e. The number of ether oxygens (including phenoxy) is 1. The van der Waals surface area contributed by atoms with Gasteiger partial charge in [0.1, 0.15) is 11.6 Å². The van der Waals surface area contributed by atoms with Gasteiger partial charge in [0.25, 0.3) is 5.91 Å². The van der Waals surface area contributed by atoms with Crippen molar-refractivity contribution in [3.63, 3.8) is 0 Å². The highest BCUT2D eigenvalue weighted by atomic mass is 16.5. The van der Waals surface area contributed by atoms with Crippen LogP contribution in [0.5, 0.6) is 5.75 Å². The number of nitrogens with one attached hydrogen (secondary N) is 2. The Bertz CT molecular complexity index is 655. The van der Waals surface area contributed by atoms with Crippen LogP contribution in [0.2, 0.25) is 0 Å². The van der Waals surface area contributed by atoms with Crippen molar-refractivity contribution < 1.29 is 9.53 Å². The first kappa shape index (κ1) is 14.6. The van der Waals surface area contributed by atoms with Crippen LogP contribution in [0.15, 0.2) is 30.5 Å². The van der Waals surface area contributed by atoms with Gasteiger partial charge in [-0.15, -0.1) is 0 Å². The fourth-order valence-corrected chi connectivity index (χ4v) is 1.78. The Morgan fingerprint density at radius 3 is 2.81 bits per heavy atom. The van der Waals surface area contributed by atoms with Crippen molar-refractivity contribution in [1.29, 1.82) is 5.26 Å². The molecule has 2 N–H and O–H groups in total. The summed E-state index contributed by atoms with van der Waals surface area (Å²) in [4.78, 5) is 12.1. The second-order valence-corrected chi connectivity index (χ2v) is 4.51. The van der Waals surface area contributed by atoms with Gasteiger partial charge in [-0.1, -0.05) is 6.92 Å². The Labute approximate surface area is 122 Å². The molecular formula is C15H16N4O2. The van der Waals surface area contributed by atoms with Crippen LogP contribution in [-0.2, 0) is 11.2 Å². The molecule has 1 heterocycles. The number of hydrogen-bond donors (Lipinski definition) is 2. The van der Waals surface area contributed by atoms with E-state index in [0.717, 1.165) is 12.0 Å². The van der Waals surface area contributed by atoms with Gasteiger partial charge in [-0.25, -0.2) is 0 Å². The van der Waals surface area contributed by atoms with Crippen molar-refractivity contribution >= 4 is 11.7 Å². The van der Waals surface area contributed by atoms with Crippen molar-refractivity contribution in [2.24, 2.45) is 0 Å². The number of aromatic nitrogens is 2. The molecule has 1 unspecified atom stereocenters. The smallest absolute Gasteiger partial charge is 0.266 e. The molecule has 0 spiro atoms. The molecule has 0 aliphatic heterocycles. The van der Waals surface area contributed by atoms with Gasteiger partial charge in [-0.3, -0.25) is 9.89 Å². The number of carbonyl (C=O) groups is 1. The van der Waals surface area contributed by atoms with Crippen LogP contribution in [0.1, 0.15) is 25.0 Å².